The van der Waals surface area contributed by atoms with Gasteiger partial charge in [0.25, 0.3) is 0 Å². The van der Waals surface area contributed by atoms with Crippen LogP contribution >= 0.6 is 0 Å². The van der Waals surface area contributed by atoms with Crippen LogP contribution in [0.5, 0.6) is 5.75 Å². The van der Waals surface area contributed by atoms with Crippen molar-refractivity contribution in [2.75, 3.05) is 7.11 Å². The topological polar surface area (TPSA) is 58.6 Å². The monoisotopic (exact) mass is 325 g/mol. The highest BCUT2D eigenvalue weighted by Gasteiger charge is 2.36. The molecule has 0 aromatic heterocycles. The average Bonchev–Trinajstić information content (AvgIpc) is 2.57. The second-order valence-corrected chi connectivity index (χ2v) is 7.01. The van der Waals surface area contributed by atoms with E-state index in [0.29, 0.717) is 0 Å². The van der Waals surface area contributed by atoms with Gasteiger partial charge in [0.15, 0.2) is 0 Å². The molecule has 24 heavy (non-hydrogen) atoms. The minimum atomic E-state index is -0.972. The maximum absolute atomic E-state index is 11.2. The van der Waals surface area contributed by atoms with E-state index in [4.69, 9.17) is 4.74 Å². The molecule has 0 fully saturated rings. The third-order valence-electron chi connectivity index (χ3n) is 4.97. The number of ether oxygens (including phenoxy) is 1. The van der Waals surface area contributed by atoms with E-state index < -0.39 is 6.09 Å². The molecule has 0 bridgehead atoms. The van der Waals surface area contributed by atoms with Gasteiger partial charge in [-0.3, -0.25) is 0 Å². The van der Waals surface area contributed by atoms with E-state index in [1.54, 1.807) is 7.11 Å². The summed E-state index contributed by atoms with van der Waals surface area (Å²) in [7, 11) is 1.66. The van der Waals surface area contributed by atoms with Gasteiger partial charge >= 0.3 is 6.09 Å². The van der Waals surface area contributed by atoms with Crippen molar-refractivity contribution in [3.8, 4) is 16.9 Å². The number of hydrogen-bond acceptors (Lipinski definition) is 2. The molecule has 1 aliphatic carbocycles. The van der Waals surface area contributed by atoms with Crippen molar-refractivity contribution in [1.29, 1.82) is 0 Å². The number of benzene rings is 2. The van der Waals surface area contributed by atoms with Gasteiger partial charge in [-0.25, -0.2) is 4.79 Å². The van der Waals surface area contributed by atoms with Crippen LogP contribution in [0.4, 0.5) is 4.79 Å². The van der Waals surface area contributed by atoms with E-state index in [1.807, 2.05) is 24.3 Å². The third-order valence-corrected chi connectivity index (χ3v) is 4.97. The molecular formula is C20H23NO3. The zero-order valence-corrected chi connectivity index (χ0v) is 14.3. The molecular weight excluding hydrogens is 302 g/mol. The van der Waals surface area contributed by atoms with Crippen LogP contribution in [-0.2, 0) is 6.42 Å². The number of hydrogen-bond donors (Lipinski definition) is 2. The smallest absolute Gasteiger partial charge is 0.405 e. The molecule has 0 saturated carbocycles. The molecule has 2 N–H and O–H groups in total. The Labute approximate surface area is 142 Å². The molecule has 1 atom stereocenters. The highest BCUT2D eigenvalue weighted by atomic mass is 16.5. The summed E-state index contributed by atoms with van der Waals surface area (Å²) in [4.78, 5) is 11.2. The lowest BCUT2D eigenvalue weighted by Gasteiger charge is -2.40. The lowest BCUT2D eigenvalue weighted by molar-refractivity contribution is 0.161. The van der Waals surface area contributed by atoms with Crippen LogP contribution in [0.25, 0.3) is 11.1 Å². The number of aryl methyl sites for hydroxylation is 1. The fourth-order valence-corrected chi connectivity index (χ4v) is 3.49. The summed E-state index contributed by atoms with van der Waals surface area (Å²) >= 11 is 0. The SMILES string of the molecule is COc1ccc(-c2ccc3c(c2)CCC(C)(C)[C@@H]3NC(=O)O)cc1. The zero-order valence-electron chi connectivity index (χ0n) is 14.3. The van der Waals surface area contributed by atoms with Crippen molar-refractivity contribution in [3.05, 3.63) is 53.6 Å². The van der Waals surface area contributed by atoms with Gasteiger partial charge in [0.1, 0.15) is 5.75 Å². The molecule has 4 nitrogen and oxygen atoms in total. The van der Waals surface area contributed by atoms with Crippen molar-refractivity contribution >= 4 is 6.09 Å². The summed E-state index contributed by atoms with van der Waals surface area (Å²) in [6, 6.07) is 14.1. The molecule has 1 amide bonds. The fourth-order valence-electron chi connectivity index (χ4n) is 3.49. The van der Waals surface area contributed by atoms with Crippen LogP contribution in [0.15, 0.2) is 42.5 Å². The first-order valence-corrected chi connectivity index (χ1v) is 8.17. The number of amides is 1. The Morgan fingerprint density at radius 3 is 2.46 bits per heavy atom. The second-order valence-electron chi connectivity index (χ2n) is 7.01. The number of nitrogens with one attached hydrogen (secondary N) is 1. The largest absolute Gasteiger partial charge is 0.497 e. The first kappa shape index (κ1) is 16.4. The molecule has 0 radical (unpaired) electrons. The van der Waals surface area contributed by atoms with Gasteiger partial charge in [-0.1, -0.05) is 44.2 Å². The van der Waals surface area contributed by atoms with E-state index in [0.717, 1.165) is 35.3 Å². The molecule has 4 heteroatoms. The first-order chi connectivity index (χ1) is 11.4. The average molecular weight is 325 g/mol. The van der Waals surface area contributed by atoms with Crippen molar-refractivity contribution < 1.29 is 14.6 Å². The van der Waals surface area contributed by atoms with Crippen molar-refractivity contribution in [1.82, 2.24) is 5.32 Å². The standard InChI is InChI=1S/C20H23NO3/c1-20(2)11-10-15-12-14(13-4-7-16(24-3)8-5-13)6-9-17(15)18(20)21-19(22)23/h4-9,12,18,21H,10-11H2,1-3H3,(H,22,23)/t18-/m1/s1. The van der Waals surface area contributed by atoms with E-state index in [-0.39, 0.29) is 11.5 Å². The summed E-state index contributed by atoms with van der Waals surface area (Å²) in [6.07, 6.45) is 0.946. The Morgan fingerprint density at radius 1 is 1.17 bits per heavy atom. The third kappa shape index (κ3) is 3.09. The van der Waals surface area contributed by atoms with Crippen molar-refractivity contribution in [2.45, 2.75) is 32.7 Å². The molecule has 0 spiro atoms. The van der Waals surface area contributed by atoms with E-state index >= 15 is 0 Å². The maximum atomic E-state index is 11.2. The number of carboxylic acid groups (broad SMARTS) is 1. The normalized spacial score (nSPS) is 18.5. The van der Waals surface area contributed by atoms with Gasteiger partial charge in [-0.05, 0) is 52.6 Å². The minimum Gasteiger partial charge on any atom is -0.497 e. The Hall–Kier alpha value is -2.49. The molecule has 126 valence electrons. The number of methoxy groups -OCH3 is 1. The van der Waals surface area contributed by atoms with Crippen molar-refractivity contribution in [3.63, 3.8) is 0 Å². The number of rotatable bonds is 3. The predicted octanol–water partition coefficient (Wildman–Crippen LogP) is 4.64. The molecule has 1 aliphatic rings. The van der Waals surface area contributed by atoms with Gasteiger partial charge in [0.05, 0.1) is 13.2 Å². The molecule has 0 heterocycles. The van der Waals surface area contributed by atoms with Crippen LogP contribution in [-0.4, -0.2) is 18.3 Å². The van der Waals surface area contributed by atoms with Gasteiger partial charge in [-0.15, -0.1) is 0 Å². The van der Waals surface area contributed by atoms with Crippen molar-refractivity contribution in [2.24, 2.45) is 5.41 Å². The molecule has 2 aromatic rings. The van der Waals surface area contributed by atoms with Crippen LogP contribution in [0.2, 0.25) is 0 Å². The maximum Gasteiger partial charge on any atom is 0.405 e. The Balaban J connectivity index is 1.97. The summed E-state index contributed by atoms with van der Waals surface area (Å²) in [6.45, 7) is 4.24. The fraction of sp³-hybridized carbons (Fsp3) is 0.350. The molecule has 0 unspecified atom stereocenters. The lowest BCUT2D eigenvalue weighted by Crippen LogP contribution is -2.40. The number of carbonyl (C=O) groups is 1. The highest BCUT2D eigenvalue weighted by molar-refractivity contribution is 5.68. The first-order valence-electron chi connectivity index (χ1n) is 8.17. The van der Waals surface area contributed by atoms with Crippen LogP contribution in [0, 0.1) is 5.41 Å². The molecule has 2 aromatic carbocycles. The predicted molar refractivity (Wildman–Crippen MR) is 94.4 cm³/mol. The quantitative estimate of drug-likeness (QED) is 0.864. The molecule has 0 aliphatic heterocycles. The summed E-state index contributed by atoms with van der Waals surface area (Å²) in [5, 5.41) is 11.9. The van der Waals surface area contributed by atoms with Crippen LogP contribution in [0.3, 0.4) is 0 Å². The van der Waals surface area contributed by atoms with Gasteiger partial charge in [0, 0.05) is 0 Å². The van der Waals surface area contributed by atoms with Gasteiger partial charge < -0.3 is 15.2 Å². The van der Waals surface area contributed by atoms with Gasteiger partial charge in [-0.2, -0.15) is 0 Å². The summed E-state index contributed by atoms with van der Waals surface area (Å²) in [5.41, 5.74) is 4.50. The van der Waals surface area contributed by atoms with E-state index in [2.05, 4.69) is 37.4 Å². The molecule has 0 saturated heterocycles. The van der Waals surface area contributed by atoms with E-state index in [9.17, 15) is 9.90 Å². The second kappa shape index (κ2) is 6.19. The zero-order chi connectivity index (χ0) is 17.3. The number of fused-ring (bicyclic) bond motifs is 1. The molecule has 3 rings (SSSR count). The van der Waals surface area contributed by atoms with Gasteiger partial charge in [0.2, 0.25) is 0 Å². The summed E-state index contributed by atoms with van der Waals surface area (Å²) in [5.74, 6) is 0.837. The Kier molecular flexibility index (Phi) is 4.22. The highest BCUT2D eigenvalue weighted by Crippen LogP contribution is 2.44. The van der Waals surface area contributed by atoms with E-state index in [1.165, 1.54) is 5.56 Å². The summed E-state index contributed by atoms with van der Waals surface area (Å²) < 4.78 is 5.21. The Bertz CT molecular complexity index is 750. The van der Waals surface area contributed by atoms with Crippen LogP contribution < -0.4 is 10.1 Å². The minimum absolute atomic E-state index is 0.0903. The Morgan fingerprint density at radius 2 is 1.83 bits per heavy atom. The van der Waals surface area contributed by atoms with Crippen LogP contribution in [0.1, 0.15) is 37.4 Å². The lowest BCUT2D eigenvalue weighted by atomic mass is 9.70.